The van der Waals surface area contributed by atoms with Gasteiger partial charge in [0.2, 0.25) is 4.77 Å². The van der Waals surface area contributed by atoms with Crippen LogP contribution >= 0.6 is 23.8 Å². The fraction of sp³-hybridized carbons (Fsp3) is 0.400. The molecule has 1 saturated carbocycles. The molecule has 0 unspecified atom stereocenters. The lowest BCUT2D eigenvalue weighted by atomic mass is 9.89. The molecule has 21 heavy (non-hydrogen) atoms. The average Bonchev–Trinajstić information content (AvgIpc) is 2.89. The number of H-pyrrole nitrogens is 1. The second-order valence-electron chi connectivity index (χ2n) is 5.33. The molecule has 4 nitrogen and oxygen atoms in total. The van der Waals surface area contributed by atoms with Gasteiger partial charge in [0.15, 0.2) is 5.82 Å². The SMILES string of the molecule is S=c1[nH]nc(C2CCCCC2)n1/N=C/c1ccc(Cl)cc1. The summed E-state index contributed by atoms with van der Waals surface area (Å²) in [4.78, 5) is 0. The number of rotatable bonds is 3. The fourth-order valence-electron chi connectivity index (χ4n) is 2.71. The molecule has 1 N–H and O–H groups in total. The van der Waals surface area contributed by atoms with E-state index < -0.39 is 0 Å². The van der Waals surface area contributed by atoms with E-state index in [9.17, 15) is 0 Å². The molecule has 1 fully saturated rings. The summed E-state index contributed by atoms with van der Waals surface area (Å²) in [5.74, 6) is 1.40. The molecule has 2 aromatic rings. The zero-order valence-electron chi connectivity index (χ0n) is 11.6. The maximum atomic E-state index is 5.88. The molecule has 1 aromatic carbocycles. The van der Waals surface area contributed by atoms with Crippen LogP contribution in [0.1, 0.15) is 49.4 Å². The minimum atomic E-state index is 0.453. The van der Waals surface area contributed by atoms with Crippen LogP contribution in [0.3, 0.4) is 0 Å². The van der Waals surface area contributed by atoms with Crippen LogP contribution in [0.2, 0.25) is 5.02 Å². The van der Waals surface area contributed by atoms with Gasteiger partial charge in [-0.25, -0.2) is 0 Å². The van der Waals surface area contributed by atoms with Crippen LogP contribution < -0.4 is 0 Å². The lowest BCUT2D eigenvalue weighted by Crippen LogP contribution is -2.10. The van der Waals surface area contributed by atoms with E-state index >= 15 is 0 Å². The van der Waals surface area contributed by atoms with Crippen molar-refractivity contribution >= 4 is 30.0 Å². The number of hydrogen-bond acceptors (Lipinski definition) is 3. The van der Waals surface area contributed by atoms with Crippen LogP contribution in [-0.2, 0) is 0 Å². The highest BCUT2D eigenvalue weighted by Crippen LogP contribution is 2.31. The predicted octanol–water partition coefficient (Wildman–Crippen LogP) is 4.52. The van der Waals surface area contributed by atoms with Crippen molar-refractivity contribution < 1.29 is 0 Å². The third-order valence-electron chi connectivity index (χ3n) is 3.84. The zero-order valence-corrected chi connectivity index (χ0v) is 13.2. The molecule has 0 saturated heterocycles. The Hall–Kier alpha value is -1.46. The summed E-state index contributed by atoms with van der Waals surface area (Å²) in [6, 6.07) is 7.55. The molecular formula is C15H17ClN4S. The van der Waals surface area contributed by atoms with E-state index in [1.165, 1.54) is 19.3 Å². The van der Waals surface area contributed by atoms with Crippen molar-refractivity contribution in [3.63, 3.8) is 0 Å². The van der Waals surface area contributed by atoms with E-state index in [0.29, 0.717) is 10.7 Å². The minimum absolute atomic E-state index is 0.453. The number of aromatic amines is 1. The molecule has 6 heteroatoms. The number of nitrogens with one attached hydrogen (secondary N) is 1. The highest BCUT2D eigenvalue weighted by molar-refractivity contribution is 7.71. The Kier molecular flexibility index (Phi) is 4.51. The van der Waals surface area contributed by atoms with E-state index in [0.717, 1.165) is 29.3 Å². The largest absolute Gasteiger partial charge is 0.250 e. The topological polar surface area (TPSA) is 46.0 Å². The maximum absolute atomic E-state index is 5.88. The molecule has 1 aliphatic carbocycles. The number of aromatic nitrogens is 3. The van der Waals surface area contributed by atoms with Crippen molar-refractivity contribution in [1.29, 1.82) is 0 Å². The second-order valence-corrected chi connectivity index (χ2v) is 6.15. The van der Waals surface area contributed by atoms with Crippen LogP contribution in [0.4, 0.5) is 0 Å². The van der Waals surface area contributed by atoms with Crippen molar-refractivity contribution in [3.8, 4) is 0 Å². The van der Waals surface area contributed by atoms with E-state index in [1.54, 1.807) is 10.9 Å². The summed E-state index contributed by atoms with van der Waals surface area (Å²) in [5, 5.41) is 12.4. The zero-order chi connectivity index (χ0) is 14.7. The van der Waals surface area contributed by atoms with Gasteiger partial charge in [-0.1, -0.05) is 43.0 Å². The molecule has 1 aromatic heterocycles. The average molecular weight is 321 g/mol. The van der Waals surface area contributed by atoms with Gasteiger partial charge in [0.25, 0.3) is 0 Å². The van der Waals surface area contributed by atoms with Gasteiger partial charge >= 0.3 is 0 Å². The number of nitrogens with zero attached hydrogens (tertiary/aromatic N) is 3. The third-order valence-corrected chi connectivity index (χ3v) is 4.35. The minimum Gasteiger partial charge on any atom is -0.250 e. The summed E-state index contributed by atoms with van der Waals surface area (Å²) in [5.41, 5.74) is 0.983. The van der Waals surface area contributed by atoms with Gasteiger partial charge in [0.05, 0.1) is 6.21 Å². The Balaban J connectivity index is 1.86. The Labute approximate surface area is 133 Å². The third kappa shape index (κ3) is 3.41. The summed E-state index contributed by atoms with van der Waals surface area (Å²) in [7, 11) is 0. The lowest BCUT2D eigenvalue weighted by Gasteiger charge is -2.19. The fourth-order valence-corrected chi connectivity index (χ4v) is 3.03. The quantitative estimate of drug-likeness (QED) is 0.667. The van der Waals surface area contributed by atoms with Crippen LogP contribution in [-0.4, -0.2) is 21.1 Å². The first kappa shape index (κ1) is 14.5. The summed E-state index contributed by atoms with van der Waals surface area (Å²) < 4.78 is 2.29. The molecule has 0 bridgehead atoms. The molecular weight excluding hydrogens is 304 g/mol. The molecule has 3 rings (SSSR count). The highest BCUT2D eigenvalue weighted by Gasteiger charge is 2.21. The maximum Gasteiger partial charge on any atom is 0.216 e. The molecule has 0 spiro atoms. The van der Waals surface area contributed by atoms with Gasteiger partial charge in [0.1, 0.15) is 0 Å². The first-order chi connectivity index (χ1) is 10.2. The monoisotopic (exact) mass is 320 g/mol. The van der Waals surface area contributed by atoms with Crippen molar-refractivity contribution in [2.24, 2.45) is 5.10 Å². The number of hydrogen-bond donors (Lipinski definition) is 1. The van der Waals surface area contributed by atoms with Crippen LogP contribution in [0.15, 0.2) is 29.4 Å². The Morgan fingerprint density at radius 1 is 1.24 bits per heavy atom. The van der Waals surface area contributed by atoms with Crippen molar-refractivity contribution in [1.82, 2.24) is 14.9 Å². The number of halogens is 1. The van der Waals surface area contributed by atoms with Gasteiger partial charge in [-0.2, -0.15) is 14.9 Å². The molecule has 1 heterocycles. The first-order valence-corrected chi connectivity index (χ1v) is 8.00. The smallest absolute Gasteiger partial charge is 0.216 e. The predicted molar refractivity (Wildman–Crippen MR) is 87.7 cm³/mol. The Bertz CT molecular complexity index is 680. The molecule has 0 radical (unpaired) electrons. The van der Waals surface area contributed by atoms with Crippen molar-refractivity contribution in [2.75, 3.05) is 0 Å². The van der Waals surface area contributed by atoms with E-state index in [4.69, 9.17) is 23.8 Å². The molecule has 0 atom stereocenters. The van der Waals surface area contributed by atoms with Crippen molar-refractivity contribution in [2.45, 2.75) is 38.0 Å². The van der Waals surface area contributed by atoms with Crippen molar-refractivity contribution in [3.05, 3.63) is 45.4 Å². The molecule has 110 valence electrons. The Morgan fingerprint density at radius 2 is 1.95 bits per heavy atom. The highest BCUT2D eigenvalue weighted by atomic mass is 35.5. The lowest BCUT2D eigenvalue weighted by molar-refractivity contribution is 0.419. The molecule has 1 aliphatic rings. The Morgan fingerprint density at radius 3 is 2.67 bits per heavy atom. The van der Waals surface area contributed by atoms with E-state index in [2.05, 4.69) is 15.3 Å². The summed E-state index contributed by atoms with van der Waals surface area (Å²) in [6.07, 6.45) is 7.94. The molecule has 0 amide bonds. The van der Waals surface area contributed by atoms with Gasteiger partial charge in [-0.05, 0) is 42.8 Å². The number of benzene rings is 1. The first-order valence-electron chi connectivity index (χ1n) is 7.21. The van der Waals surface area contributed by atoms with Gasteiger partial charge in [-0.3, -0.25) is 5.10 Å². The van der Waals surface area contributed by atoms with Crippen LogP contribution in [0.5, 0.6) is 0 Å². The van der Waals surface area contributed by atoms with Gasteiger partial charge in [0, 0.05) is 10.9 Å². The summed E-state index contributed by atoms with van der Waals surface area (Å²) in [6.45, 7) is 0. The summed E-state index contributed by atoms with van der Waals surface area (Å²) >= 11 is 11.2. The van der Waals surface area contributed by atoms with Crippen LogP contribution in [0.25, 0.3) is 0 Å². The van der Waals surface area contributed by atoms with E-state index in [-0.39, 0.29) is 0 Å². The molecule has 0 aliphatic heterocycles. The van der Waals surface area contributed by atoms with Crippen LogP contribution in [0, 0.1) is 4.77 Å². The second kappa shape index (κ2) is 6.54. The normalized spacial score (nSPS) is 16.6. The van der Waals surface area contributed by atoms with E-state index in [1.807, 2.05) is 24.3 Å². The van der Waals surface area contributed by atoms with Gasteiger partial charge in [-0.15, -0.1) is 0 Å². The van der Waals surface area contributed by atoms with Gasteiger partial charge < -0.3 is 0 Å². The standard InChI is InChI=1S/C15H17ClN4S/c16-13-8-6-11(7-9-13)10-17-20-14(18-19-15(20)21)12-4-2-1-3-5-12/h6-10,12H,1-5H2,(H,19,21)/b17-10+.